The Balaban J connectivity index is 2.01. The molecule has 25 heavy (non-hydrogen) atoms. The second kappa shape index (κ2) is 6.02. The third kappa shape index (κ3) is 2.96. The van der Waals surface area contributed by atoms with Crippen molar-refractivity contribution in [2.75, 3.05) is 7.05 Å². The van der Waals surface area contributed by atoms with E-state index in [0.717, 1.165) is 16.7 Å². The van der Waals surface area contributed by atoms with Gasteiger partial charge in [-0.15, -0.1) is 0 Å². The van der Waals surface area contributed by atoms with Crippen molar-refractivity contribution in [3.63, 3.8) is 0 Å². The number of benzene rings is 2. The molecule has 2 aromatic rings. The highest BCUT2D eigenvalue weighted by molar-refractivity contribution is 5.98. The molecule has 0 aromatic heterocycles. The first kappa shape index (κ1) is 16.7. The third-order valence-electron chi connectivity index (χ3n) is 4.53. The van der Waals surface area contributed by atoms with Crippen LogP contribution < -0.4 is 5.32 Å². The van der Waals surface area contributed by atoms with Gasteiger partial charge in [0, 0.05) is 7.05 Å². The molecule has 2 aromatic carbocycles. The summed E-state index contributed by atoms with van der Waals surface area (Å²) >= 11 is 0. The van der Waals surface area contributed by atoms with E-state index < -0.39 is 11.4 Å². The minimum absolute atomic E-state index is 0.0107. The van der Waals surface area contributed by atoms with Crippen LogP contribution in [0.3, 0.4) is 0 Å². The molecule has 0 spiro atoms. The number of hydrogen-bond donors (Lipinski definition) is 2. The molecule has 126 valence electrons. The van der Waals surface area contributed by atoms with Gasteiger partial charge in [0.2, 0.25) is 5.91 Å². The summed E-state index contributed by atoms with van der Waals surface area (Å²) in [6.07, 6.45) is 0.224. The maximum atomic E-state index is 13.5. The standard InChI is InChI=1S/C19H17FN4O/c1-19(10-17(25)24(2)18(22)23-19)15-5-3-4-12(9-15)13-6-7-16(20)14(8-13)11-21/h3-9H,10H2,1-2H3,(H2,22,23)/t19-/m0/s1. The van der Waals surface area contributed by atoms with E-state index in [0.29, 0.717) is 0 Å². The van der Waals surface area contributed by atoms with Gasteiger partial charge in [-0.2, -0.15) is 5.26 Å². The zero-order valence-corrected chi connectivity index (χ0v) is 13.9. The number of halogens is 1. The molecule has 0 aliphatic carbocycles. The van der Waals surface area contributed by atoms with Gasteiger partial charge in [-0.25, -0.2) is 4.39 Å². The fourth-order valence-electron chi connectivity index (χ4n) is 2.94. The Morgan fingerprint density at radius 2 is 2.00 bits per heavy atom. The SMILES string of the molecule is CN1C(=N)N[C@](C)(c2cccc(-c3ccc(F)c(C#N)c3)c2)CC1=O. The van der Waals surface area contributed by atoms with E-state index >= 15 is 0 Å². The number of rotatable bonds is 2. The highest BCUT2D eigenvalue weighted by Crippen LogP contribution is 2.32. The quantitative estimate of drug-likeness (QED) is 0.885. The highest BCUT2D eigenvalue weighted by Gasteiger charge is 2.37. The monoisotopic (exact) mass is 336 g/mol. The Morgan fingerprint density at radius 1 is 1.28 bits per heavy atom. The van der Waals surface area contributed by atoms with Crippen LogP contribution in [-0.4, -0.2) is 23.8 Å². The van der Waals surface area contributed by atoms with Gasteiger partial charge in [0.1, 0.15) is 11.9 Å². The first-order valence-electron chi connectivity index (χ1n) is 7.78. The second-order valence-corrected chi connectivity index (χ2v) is 6.32. The zero-order chi connectivity index (χ0) is 18.2. The summed E-state index contributed by atoms with van der Waals surface area (Å²) in [7, 11) is 1.57. The third-order valence-corrected chi connectivity index (χ3v) is 4.53. The van der Waals surface area contributed by atoms with Crippen LogP contribution in [0.1, 0.15) is 24.5 Å². The van der Waals surface area contributed by atoms with Gasteiger partial charge in [-0.1, -0.05) is 24.3 Å². The van der Waals surface area contributed by atoms with Crippen LogP contribution in [0.5, 0.6) is 0 Å². The van der Waals surface area contributed by atoms with Crippen LogP contribution in [0.4, 0.5) is 4.39 Å². The first-order chi connectivity index (χ1) is 11.8. The molecular weight excluding hydrogens is 319 g/mol. The molecule has 1 atom stereocenters. The van der Waals surface area contributed by atoms with Crippen molar-refractivity contribution in [3.05, 3.63) is 59.4 Å². The molecule has 1 saturated heterocycles. The summed E-state index contributed by atoms with van der Waals surface area (Å²) in [6, 6.07) is 13.7. The van der Waals surface area contributed by atoms with Crippen molar-refractivity contribution < 1.29 is 9.18 Å². The predicted octanol–water partition coefficient (Wildman–Crippen LogP) is 2.97. The smallest absolute Gasteiger partial charge is 0.231 e. The van der Waals surface area contributed by atoms with Gasteiger partial charge in [-0.05, 0) is 41.8 Å². The lowest BCUT2D eigenvalue weighted by Gasteiger charge is -2.39. The number of guanidine groups is 1. The lowest BCUT2D eigenvalue weighted by molar-refractivity contribution is -0.129. The van der Waals surface area contributed by atoms with Crippen LogP contribution in [0.15, 0.2) is 42.5 Å². The summed E-state index contributed by atoms with van der Waals surface area (Å²) in [5, 5.41) is 20.0. The van der Waals surface area contributed by atoms with Gasteiger partial charge in [0.25, 0.3) is 0 Å². The molecule has 3 rings (SSSR count). The summed E-state index contributed by atoms with van der Waals surface area (Å²) in [5.74, 6) is -0.631. The number of amides is 1. The fourth-order valence-corrected chi connectivity index (χ4v) is 2.94. The van der Waals surface area contributed by atoms with Gasteiger partial charge >= 0.3 is 0 Å². The number of carbonyl (C=O) groups excluding carboxylic acids is 1. The van der Waals surface area contributed by atoms with E-state index in [1.807, 2.05) is 37.3 Å². The van der Waals surface area contributed by atoms with Crippen molar-refractivity contribution in [2.24, 2.45) is 0 Å². The largest absolute Gasteiger partial charge is 0.346 e. The molecular formula is C19H17FN4O. The van der Waals surface area contributed by atoms with E-state index in [1.165, 1.54) is 17.0 Å². The maximum absolute atomic E-state index is 13.5. The lowest BCUT2D eigenvalue weighted by Crippen LogP contribution is -2.58. The van der Waals surface area contributed by atoms with Crippen molar-refractivity contribution in [1.29, 1.82) is 10.7 Å². The Kier molecular flexibility index (Phi) is 4.01. The van der Waals surface area contributed by atoms with Gasteiger partial charge in [-0.3, -0.25) is 15.1 Å². The van der Waals surface area contributed by atoms with E-state index in [4.69, 9.17) is 10.7 Å². The zero-order valence-electron chi connectivity index (χ0n) is 13.9. The normalized spacial score (nSPS) is 20.2. The molecule has 0 unspecified atom stereocenters. The first-order valence-corrected chi connectivity index (χ1v) is 7.78. The van der Waals surface area contributed by atoms with Crippen LogP contribution in [0.25, 0.3) is 11.1 Å². The molecule has 2 N–H and O–H groups in total. The molecule has 0 bridgehead atoms. The molecule has 1 amide bonds. The van der Waals surface area contributed by atoms with Gasteiger partial charge < -0.3 is 5.32 Å². The molecule has 1 fully saturated rings. The Hall–Kier alpha value is -3.20. The van der Waals surface area contributed by atoms with E-state index in [2.05, 4.69) is 5.32 Å². The van der Waals surface area contributed by atoms with E-state index in [9.17, 15) is 9.18 Å². The Labute approximate surface area is 145 Å². The van der Waals surface area contributed by atoms with E-state index in [1.54, 1.807) is 13.1 Å². The van der Waals surface area contributed by atoms with Crippen molar-refractivity contribution in [3.8, 4) is 17.2 Å². The maximum Gasteiger partial charge on any atom is 0.231 e. The summed E-state index contributed by atoms with van der Waals surface area (Å²) in [5.41, 5.74) is 1.67. The number of nitriles is 1. The fraction of sp³-hybridized carbons (Fsp3) is 0.211. The minimum Gasteiger partial charge on any atom is -0.346 e. The molecule has 1 aliphatic rings. The Bertz CT molecular complexity index is 898. The van der Waals surface area contributed by atoms with Gasteiger partial charge in [0.05, 0.1) is 17.5 Å². The lowest BCUT2D eigenvalue weighted by atomic mass is 9.85. The second-order valence-electron chi connectivity index (χ2n) is 6.32. The average molecular weight is 336 g/mol. The van der Waals surface area contributed by atoms with Crippen LogP contribution in [0.2, 0.25) is 0 Å². The topological polar surface area (TPSA) is 80.0 Å². The molecule has 5 nitrogen and oxygen atoms in total. The predicted molar refractivity (Wildman–Crippen MR) is 92.2 cm³/mol. The van der Waals surface area contributed by atoms with Crippen LogP contribution in [-0.2, 0) is 10.3 Å². The number of hydrogen-bond acceptors (Lipinski definition) is 3. The van der Waals surface area contributed by atoms with Crippen molar-refractivity contribution >= 4 is 11.9 Å². The molecule has 0 radical (unpaired) electrons. The molecule has 1 heterocycles. The summed E-state index contributed by atoms with van der Waals surface area (Å²) in [4.78, 5) is 13.4. The molecule has 6 heteroatoms. The average Bonchev–Trinajstić information content (AvgIpc) is 2.60. The van der Waals surface area contributed by atoms with E-state index in [-0.39, 0.29) is 23.9 Å². The Morgan fingerprint density at radius 3 is 2.68 bits per heavy atom. The number of nitrogens with one attached hydrogen (secondary N) is 2. The number of nitrogens with zero attached hydrogens (tertiary/aromatic N) is 2. The number of carbonyl (C=O) groups is 1. The van der Waals surface area contributed by atoms with Gasteiger partial charge in [0.15, 0.2) is 5.96 Å². The highest BCUT2D eigenvalue weighted by atomic mass is 19.1. The van der Waals surface area contributed by atoms with Crippen molar-refractivity contribution in [1.82, 2.24) is 10.2 Å². The minimum atomic E-state index is -0.700. The molecule has 0 saturated carbocycles. The van der Waals surface area contributed by atoms with Crippen LogP contribution in [0, 0.1) is 22.6 Å². The van der Waals surface area contributed by atoms with Crippen molar-refractivity contribution in [2.45, 2.75) is 18.9 Å². The van der Waals surface area contributed by atoms with Crippen LogP contribution >= 0.6 is 0 Å². The molecule has 1 aliphatic heterocycles. The summed E-state index contributed by atoms with van der Waals surface area (Å²) in [6.45, 7) is 1.87. The summed E-state index contributed by atoms with van der Waals surface area (Å²) < 4.78 is 13.5.